The van der Waals surface area contributed by atoms with Gasteiger partial charge in [0.15, 0.2) is 0 Å². The molecule has 2 aromatic rings. The summed E-state index contributed by atoms with van der Waals surface area (Å²) < 4.78 is 3.88. The summed E-state index contributed by atoms with van der Waals surface area (Å²) in [6.07, 6.45) is 4.26. The van der Waals surface area contributed by atoms with Crippen molar-refractivity contribution in [2.24, 2.45) is 12.8 Å². The van der Waals surface area contributed by atoms with Gasteiger partial charge in [-0.25, -0.2) is 9.67 Å². The molecule has 1 atom stereocenters. The predicted octanol–water partition coefficient (Wildman–Crippen LogP) is 1.71. The van der Waals surface area contributed by atoms with E-state index >= 15 is 0 Å². The second-order valence-electron chi connectivity index (χ2n) is 5.99. The van der Waals surface area contributed by atoms with Crippen LogP contribution >= 0.6 is 0 Å². The Labute approximate surface area is 126 Å². The molecular weight excluding hydrogens is 264 g/mol. The van der Waals surface area contributed by atoms with Gasteiger partial charge < -0.3 is 5.73 Å². The average Bonchev–Trinajstić information content (AvgIpc) is 2.94. The van der Waals surface area contributed by atoms with Crippen LogP contribution in [0.15, 0.2) is 6.33 Å². The number of rotatable bonds is 6. The van der Waals surface area contributed by atoms with E-state index in [-0.39, 0.29) is 6.04 Å². The van der Waals surface area contributed by atoms with Gasteiger partial charge >= 0.3 is 0 Å². The van der Waals surface area contributed by atoms with Crippen molar-refractivity contribution >= 4 is 0 Å². The quantitative estimate of drug-likeness (QED) is 0.879. The van der Waals surface area contributed by atoms with Crippen molar-refractivity contribution in [3.05, 3.63) is 29.1 Å². The van der Waals surface area contributed by atoms with Crippen molar-refractivity contribution in [1.82, 2.24) is 24.5 Å². The van der Waals surface area contributed by atoms with Crippen molar-refractivity contribution in [1.29, 1.82) is 0 Å². The van der Waals surface area contributed by atoms with Crippen LogP contribution in [0.3, 0.4) is 0 Å². The largest absolute Gasteiger partial charge is 0.327 e. The molecule has 0 fully saturated rings. The van der Waals surface area contributed by atoms with Crippen molar-refractivity contribution < 1.29 is 0 Å². The first-order valence-corrected chi connectivity index (χ1v) is 7.53. The van der Waals surface area contributed by atoms with E-state index in [2.05, 4.69) is 42.9 Å². The minimum atomic E-state index is 0.0886. The standard InChI is InChI=1S/C15H26N6/c1-10(2)21-15(17-9-18-21)8-13(16)6-7-14-11(3)19-20(5)12(14)4/h9-10,13H,6-8,16H2,1-5H3. The topological polar surface area (TPSA) is 74.6 Å². The van der Waals surface area contributed by atoms with Crippen LogP contribution in [0, 0.1) is 13.8 Å². The Balaban J connectivity index is 1.96. The van der Waals surface area contributed by atoms with Gasteiger partial charge in [0.1, 0.15) is 12.2 Å². The van der Waals surface area contributed by atoms with Crippen LogP contribution in [0.4, 0.5) is 0 Å². The molecule has 0 bridgehead atoms. The molecule has 0 saturated carbocycles. The average molecular weight is 290 g/mol. The van der Waals surface area contributed by atoms with E-state index in [0.717, 1.165) is 30.8 Å². The van der Waals surface area contributed by atoms with E-state index in [0.29, 0.717) is 6.04 Å². The van der Waals surface area contributed by atoms with Gasteiger partial charge in [0, 0.05) is 31.2 Å². The fourth-order valence-electron chi connectivity index (χ4n) is 2.70. The Morgan fingerprint density at radius 2 is 2.00 bits per heavy atom. The maximum absolute atomic E-state index is 6.28. The lowest BCUT2D eigenvalue weighted by Gasteiger charge is -2.14. The van der Waals surface area contributed by atoms with Crippen molar-refractivity contribution in [2.75, 3.05) is 0 Å². The highest BCUT2D eigenvalue weighted by atomic mass is 15.3. The lowest BCUT2D eigenvalue weighted by Crippen LogP contribution is -2.26. The van der Waals surface area contributed by atoms with E-state index in [4.69, 9.17) is 5.73 Å². The van der Waals surface area contributed by atoms with Crippen molar-refractivity contribution in [3.63, 3.8) is 0 Å². The molecule has 0 aliphatic carbocycles. The molecule has 6 nitrogen and oxygen atoms in total. The highest BCUT2D eigenvalue weighted by Gasteiger charge is 2.14. The van der Waals surface area contributed by atoms with E-state index in [1.165, 1.54) is 11.3 Å². The van der Waals surface area contributed by atoms with E-state index in [1.54, 1.807) is 6.33 Å². The van der Waals surface area contributed by atoms with Gasteiger partial charge in [0.2, 0.25) is 0 Å². The highest BCUT2D eigenvalue weighted by Crippen LogP contribution is 2.16. The Kier molecular flexibility index (Phi) is 4.77. The summed E-state index contributed by atoms with van der Waals surface area (Å²) >= 11 is 0. The number of aryl methyl sites for hydroxylation is 2. The van der Waals surface area contributed by atoms with Crippen LogP contribution in [0.5, 0.6) is 0 Å². The molecule has 116 valence electrons. The van der Waals surface area contributed by atoms with Crippen LogP contribution < -0.4 is 5.73 Å². The summed E-state index contributed by atoms with van der Waals surface area (Å²) in [5.74, 6) is 0.970. The molecule has 2 aromatic heterocycles. The van der Waals surface area contributed by atoms with Gasteiger partial charge in [-0.1, -0.05) is 0 Å². The zero-order chi connectivity index (χ0) is 15.6. The minimum absolute atomic E-state index is 0.0886. The second kappa shape index (κ2) is 6.39. The van der Waals surface area contributed by atoms with Gasteiger partial charge in [0.05, 0.1) is 5.69 Å². The molecule has 2 heterocycles. The van der Waals surface area contributed by atoms with E-state index in [9.17, 15) is 0 Å². The SMILES string of the molecule is Cc1nn(C)c(C)c1CCC(N)Cc1ncnn1C(C)C. The number of aromatic nitrogens is 5. The molecule has 2 N–H and O–H groups in total. The summed E-state index contributed by atoms with van der Waals surface area (Å²) in [5.41, 5.74) is 9.93. The molecule has 0 aliphatic rings. The molecule has 2 rings (SSSR count). The molecule has 0 spiro atoms. The van der Waals surface area contributed by atoms with Crippen LogP contribution in [0.25, 0.3) is 0 Å². The third-order valence-electron chi connectivity index (χ3n) is 4.01. The summed E-state index contributed by atoms with van der Waals surface area (Å²) in [4.78, 5) is 4.33. The second-order valence-corrected chi connectivity index (χ2v) is 5.99. The van der Waals surface area contributed by atoms with Crippen LogP contribution in [-0.4, -0.2) is 30.6 Å². The van der Waals surface area contributed by atoms with Crippen LogP contribution in [0.1, 0.15) is 49.1 Å². The lowest BCUT2D eigenvalue weighted by molar-refractivity contribution is 0.483. The molecule has 0 aromatic carbocycles. The van der Waals surface area contributed by atoms with E-state index < -0.39 is 0 Å². The number of nitrogens with two attached hydrogens (primary N) is 1. The number of hydrogen-bond donors (Lipinski definition) is 1. The highest BCUT2D eigenvalue weighted by molar-refractivity contribution is 5.24. The third kappa shape index (κ3) is 3.50. The molecular formula is C15H26N6. The summed E-state index contributed by atoms with van der Waals surface area (Å²) in [6, 6.07) is 0.406. The fraction of sp³-hybridized carbons (Fsp3) is 0.667. The van der Waals surface area contributed by atoms with Gasteiger partial charge in [-0.05, 0) is 46.1 Å². The molecule has 0 radical (unpaired) electrons. The molecule has 21 heavy (non-hydrogen) atoms. The molecule has 6 heteroatoms. The molecule has 0 aliphatic heterocycles. The lowest BCUT2D eigenvalue weighted by atomic mass is 10.0. The smallest absolute Gasteiger partial charge is 0.138 e. The number of hydrogen-bond acceptors (Lipinski definition) is 4. The first-order chi connectivity index (χ1) is 9.90. The normalized spacial score (nSPS) is 13.1. The summed E-state index contributed by atoms with van der Waals surface area (Å²) in [7, 11) is 1.98. The predicted molar refractivity (Wildman–Crippen MR) is 83.1 cm³/mol. The summed E-state index contributed by atoms with van der Waals surface area (Å²) in [5, 5.41) is 8.71. The summed E-state index contributed by atoms with van der Waals surface area (Å²) in [6.45, 7) is 8.37. The molecule has 0 saturated heterocycles. The third-order valence-corrected chi connectivity index (χ3v) is 4.01. The monoisotopic (exact) mass is 290 g/mol. The van der Waals surface area contributed by atoms with Gasteiger partial charge in [-0.15, -0.1) is 0 Å². The van der Waals surface area contributed by atoms with E-state index in [1.807, 2.05) is 16.4 Å². The molecule has 0 amide bonds. The Morgan fingerprint density at radius 1 is 1.29 bits per heavy atom. The number of nitrogens with zero attached hydrogens (tertiary/aromatic N) is 5. The van der Waals surface area contributed by atoms with Gasteiger partial charge in [0.25, 0.3) is 0 Å². The van der Waals surface area contributed by atoms with Gasteiger partial charge in [-0.2, -0.15) is 10.2 Å². The Morgan fingerprint density at radius 3 is 2.57 bits per heavy atom. The maximum atomic E-state index is 6.28. The Bertz CT molecular complexity index is 595. The van der Waals surface area contributed by atoms with Gasteiger partial charge in [-0.3, -0.25) is 4.68 Å². The van der Waals surface area contributed by atoms with Crippen LogP contribution in [0.2, 0.25) is 0 Å². The van der Waals surface area contributed by atoms with Crippen molar-refractivity contribution in [2.45, 2.75) is 59.0 Å². The zero-order valence-electron chi connectivity index (χ0n) is 13.7. The minimum Gasteiger partial charge on any atom is -0.327 e. The zero-order valence-corrected chi connectivity index (χ0v) is 13.7. The van der Waals surface area contributed by atoms with Crippen molar-refractivity contribution in [3.8, 4) is 0 Å². The Hall–Kier alpha value is -1.69. The van der Waals surface area contributed by atoms with Crippen LogP contribution in [-0.2, 0) is 19.9 Å². The first-order valence-electron chi connectivity index (χ1n) is 7.53. The fourth-order valence-corrected chi connectivity index (χ4v) is 2.70. The first kappa shape index (κ1) is 15.7. The maximum Gasteiger partial charge on any atom is 0.138 e. The molecule has 1 unspecified atom stereocenters.